The number of ether oxygens (including phenoxy) is 4. The van der Waals surface area contributed by atoms with Crippen molar-refractivity contribution in [2.24, 2.45) is 0 Å². The SMILES string of the molecule is CCCNc1ccc(C(=O)NCCCCC(NC(=O)COCCOCCNC(=O)COCCOCCNC)C(=O)NC)cc1. The standard InChI is InChI=1S/C30H52N6O8/c1-4-12-33-25-10-8-24(9-11-25)29(39)35-13-6-5-7-26(30(40)32-3)36-28(38)23-44-21-19-42-17-15-34-27(37)22-43-20-18-41-16-14-31-2/h8-11,26,31,33H,4-7,12-23H2,1-3H3,(H,32,40)(H,34,37)(H,35,39)(H,36,38). The summed E-state index contributed by atoms with van der Waals surface area (Å²) >= 11 is 0. The van der Waals surface area contributed by atoms with Gasteiger partial charge in [0, 0.05) is 44.5 Å². The molecule has 1 atom stereocenters. The fourth-order valence-corrected chi connectivity index (χ4v) is 3.72. The first kappa shape index (κ1) is 38.7. The second-order valence-electron chi connectivity index (χ2n) is 9.77. The second kappa shape index (κ2) is 26.1. The van der Waals surface area contributed by atoms with Crippen LogP contribution < -0.4 is 31.9 Å². The number of hydrogen-bond acceptors (Lipinski definition) is 10. The minimum Gasteiger partial charge on any atom is -0.385 e. The fourth-order valence-electron chi connectivity index (χ4n) is 3.72. The zero-order valence-electron chi connectivity index (χ0n) is 26.5. The lowest BCUT2D eigenvalue weighted by molar-refractivity contribution is -0.131. The molecule has 0 radical (unpaired) electrons. The van der Waals surface area contributed by atoms with Crippen LogP contribution in [0.5, 0.6) is 0 Å². The molecule has 14 heteroatoms. The molecule has 0 spiro atoms. The molecule has 250 valence electrons. The predicted octanol–water partition coefficient (Wildman–Crippen LogP) is 0.0414. The Balaban J connectivity index is 2.11. The van der Waals surface area contributed by atoms with Crippen molar-refractivity contribution in [3.05, 3.63) is 29.8 Å². The predicted molar refractivity (Wildman–Crippen MR) is 168 cm³/mol. The molecule has 0 aliphatic rings. The van der Waals surface area contributed by atoms with E-state index in [-0.39, 0.29) is 50.8 Å². The number of carbonyl (C=O) groups excluding carboxylic acids is 4. The van der Waals surface area contributed by atoms with Gasteiger partial charge in [0.15, 0.2) is 0 Å². The zero-order chi connectivity index (χ0) is 32.3. The Hall–Kier alpha value is -3.30. The number of rotatable bonds is 27. The lowest BCUT2D eigenvalue weighted by atomic mass is 10.1. The summed E-state index contributed by atoms with van der Waals surface area (Å²) in [6.45, 7) is 6.31. The summed E-state index contributed by atoms with van der Waals surface area (Å²) in [5.74, 6) is -1.11. The number of anilines is 1. The summed E-state index contributed by atoms with van der Waals surface area (Å²) in [5.41, 5.74) is 1.56. The van der Waals surface area contributed by atoms with Crippen LogP contribution in [0.25, 0.3) is 0 Å². The van der Waals surface area contributed by atoms with E-state index in [1.54, 1.807) is 12.1 Å². The number of benzene rings is 1. The summed E-state index contributed by atoms with van der Waals surface area (Å²) < 4.78 is 21.2. The smallest absolute Gasteiger partial charge is 0.251 e. The van der Waals surface area contributed by atoms with E-state index in [1.807, 2.05) is 19.2 Å². The van der Waals surface area contributed by atoms with Gasteiger partial charge in [-0.2, -0.15) is 0 Å². The molecule has 1 aromatic rings. The molecule has 6 N–H and O–H groups in total. The molecule has 1 rings (SSSR count). The minimum atomic E-state index is -0.704. The van der Waals surface area contributed by atoms with E-state index < -0.39 is 11.9 Å². The lowest BCUT2D eigenvalue weighted by Gasteiger charge is -2.17. The molecule has 14 nitrogen and oxygen atoms in total. The van der Waals surface area contributed by atoms with Crippen molar-refractivity contribution >= 4 is 29.3 Å². The lowest BCUT2D eigenvalue weighted by Crippen LogP contribution is -2.47. The molecule has 0 aliphatic heterocycles. The number of likely N-dealkylation sites (N-methyl/N-ethyl adjacent to an activating group) is 2. The summed E-state index contributed by atoms with van der Waals surface area (Å²) in [7, 11) is 3.35. The number of carbonyl (C=O) groups is 4. The van der Waals surface area contributed by atoms with E-state index in [9.17, 15) is 19.2 Å². The maximum absolute atomic E-state index is 12.4. The van der Waals surface area contributed by atoms with Crippen LogP contribution in [-0.4, -0.2) is 123 Å². The number of unbranched alkanes of at least 4 members (excludes halogenated alkanes) is 1. The van der Waals surface area contributed by atoms with E-state index in [0.29, 0.717) is 57.7 Å². The highest BCUT2D eigenvalue weighted by molar-refractivity contribution is 5.94. The highest BCUT2D eigenvalue weighted by Gasteiger charge is 2.19. The Morgan fingerprint density at radius 3 is 1.98 bits per heavy atom. The minimum absolute atomic E-state index is 0.0479. The van der Waals surface area contributed by atoms with Gasteiger partial charge >= 0.3 is 0 Å². The molecule has 0 aromatic heterocycles. The van der Waals surface area contributed by atoms with Crippen LogP contribution in [0.4, 0.5) is 5.69 Å². The largest absolute Gasteiger partial charge is 0.385 e. The van der Waals surface area contributed by atoms with Crippen molar-refractivity contribution in [2.45, 2.75) is 38.6 Å². The highest BCUT2D eigenvalue weighted by atomic mass is 16.5. The Bertz CT molecular complexity index is 935. The van der Waals surface area contributed by atoms with Gasteiger partial charge in [-0.05, 0) is 57.0 Å². The molecule has 0 fully saturated rings. The third kappa shape index (κ3) is 19.8. The molecule has 44 heavy (non-hydrogen) atoms. The van der Waals surface area contributed by atoms with Crippen molar-refractivity contribution in [3.8, 4) is 0 Å². The van der Waals surface area contributed by atoms with Gasteiger partial charge < -0.3 is 50.8 Å². The first-order valence-corrected chi connectivity index (χ1v) is 15.3. The van der Waals surface area contributed by atoms with Crippen molar-refractivity contribution in [1.82, 2.24) is 26.6 Å². The molecule has 0 aliphatic carbocycles. The van der Waals surface area contributed by atoms with Crippen molar-refractivity contribution in [3.63, 3.8) is 0 Å². The summed E-state index contributed by atoms with van der Waals surface area (Å²) in [6.07, 6.45) is 2.72. The maximum Gasteiger partial charge on any atom is 0.251 e. The normalized spacial score (nSPS) is 11.4. The van der Waals surface area contributed by atoms with Crippen molar-refractivity contribution < 1.29 is 38.1 Å². The van der Waals surface area contributed by atoms with Crippen LogP contribution in [-0.2, 0) is 33.3 Å². The molecular weight excluding hydrogens is 572 g/mol. The van der Waals surface area contributed by atoms with E-state index >= 15 is 0 Å². The van der Waals surface area contributed by atoms with Gasteiger partial charge in [-0.1, -0.05) is 6.92 Å². The summed E-state index contributed by atoms with van der Waals surface area (Å²) in [5, 5.41) is 17.1. The Labute approximate surface area is 261 Å². The van der Waals surface area contributed by atoms with Crippen LogP contribution >= 0.6 is 0 Å². The summed E-state index contributed by atoms with van der Waals surface area (Å²) in [4.78, 5) is 48.6. The third-order valence-corrected chi connectivity index (χ3v) is 6.10. The number of amides is 4. The first-order valence-electron chi connectivity index (χ1n) is 15.3. The topological polar surface area (TPSA) is 177 Å². The Kier molecular flexibility index (Phi) is 23.0. The first-order chi connectivity index (χ1) is 21.4. The summed E-state index contributed by atoms with van der Waals surface area (Å²) in [6, 6.07) is 6.62. The van der Waals surface area contributed by atoms with Crippen molar-refractivity contribution in [2.75, 3.05) is 98.4 Å². The Morgan fingerprint density at radius 2 is 1.34 bits per heavy atom. The van der Waals surface area contributed by atoms with Gasteiger partial charge in [-0.25, -0.2) is 0 Å². The average Bonchev–Trinajstić information content (AvgIpc) is 3.03. The Morgan fingerprint density at radius 1 is 0.705 bits per heavy atom. The molecule has 1 unspecified atom stereocenters. The van der Waals surface area contributed by atoms with Gasteiger partial charge in [0.1, 0.15) is 19.3 Å². The van der Waals surface area contributed by atoms with Gasteiger partial charge in [-0.3, -0.25) is 19.2 Å². The van der Waals surface area contributed by atoms with Gasteiger partial charge in [0.25, 0.3) is 5.91 Å². The zero-order valence-corrected chi connectivity index (χ0v) is 26.5. The van der Waals surface area contributed by atoms with E-state index in [1.165, 1.54) is 7.05 Å². The fraction of sp³-hybridized carbons (Fsp3) is 0.667. The highest BCUT2D eigenvalue weighted by Crippen LogP contribution is 2.09. The molecule has 0 bridgehead atoms. The molecule has 0 saturated carbocycles. The van der Waals surface area contributed by atoms with Gasteiger partial charge in [0.05, 0.1) is 39.6 Å². The molecule has 0 heterocycles. The maximum atomic E-state index is 12.4. The van der Waals surface area contributed by atoms with E-state index in [0.717, 1.165) is 25.2 Å². The van der Waals surface area contributed by atoms with E-state index in [2.05, 4.69) is 38.8 Å². The quantitative estimate of drug-likeness (QED) is 0.0733. The number of hydrogen-bond donors (Lipinski definition) is 6. The van der Waals surface area contributed by atoms with Crippen molar-refractivity contribution in [1.29, 1.82) is 0 Å². The molecular formula is C30H52N6O8. The third-order valence-electron chi connectivity index (χ3n) is 6.10. The van der Waals surface area contributed by atoms with Crippen LogP contribution in [0.2, 0.25) is 0 Å². The van der Waals surface area contributed by atoms with Crippen LogP contribution in [0.3, 0.4) is 0 Å². The van der Waals surface area contributed by atoms with Crippen LogP contribution in [0.1, 0.15) is 43.0 Å². The average molecular weight is 625 g/mol. The molecule has 4 amide bonds. The van der Waals surface area contributed by atoms with Gasteiger partial charge in [-0.15, -0.1) is 0 Å². The monoisotopic (exact) mass is 624 g/mol. The second-order valence-corrected chi connectivity index (χ2v) is 9.77. The number of nitrogens with one attached hydrogen (secondary N) is 6. The molecule has 0 saturated heterocycles. The van der Waals surface area contributed by atoms with Gasteiger partial charge in [0.2, 0.25) is 17.7 Å². The van der Waals surface area contributed by atoms with Crippen LogP contribution in [0.15, 0.2) is 24.3 Å². The van der Waals surface area contributed by atoms with E-state index in [4.69, 9.17) is 18.9 Å². The van der Waals surface area contributed by atoms with Crippen LogP contribution in [0, 0.1) is 0 Å². The molecule has 1 aromatic carbocycles.